The maximum absolute atomic E-state index is 6.24. The molecule has 6 heteroatoms. The highest BCUT2D eigenvalue weighted by molar-refractivity contribution is 6.40. The third kappa shape index (κ3) is 3.23. The number of ether oxygens (including phenoxy) is 1. The van der Waals surface area contributed by atoms with Gasteiger partial charge in [0.1, 0.15) is 16.4 Å². The van der Waals surface area contributed by atoms with Crippen LogP contribution >= 0.6 is 34.8 Å². The van der Waals surface area contributed by atoms with Gasteiger partial charge < -0.3 is 4.74 Å². The first-order chi connectivity index (χ1) is 9.54. The highest BCUT2D eigenvalue weighted by Crippen LogP contribution is 2.37. The summed E-state index contributed by atoms with van der Waals surface area (Å²) in [4.78, 5) is 8.51. The molecule has 0 aliphatic heterocycles. The van der Waals surface area contributed by atoms with Crippen molar-refractivity contribution < 1.29 is 4.74 Å². The van der Waals surface area contributed by atoms with Gasteiger partial charge in [-0.2, -0.15) is 0 Å². The maximum Gasteiger partial charge on any atom is 0.160 e. The molecular weight excluding hydrogens is 319 g/mol. The molecule has 1 heterocycles. The molecule has 0 aliphatic rings. The molecule has 1 atom stereocenters. The van der Waals surface area contributed by atoms with Crippen molar-refractivity contribution in [1.82, 2.24) is 9.97 Å². The van der Waals surface area contributed by atoms with Crippen LogP contribution in [0.15, 0.2) is 24.3 Å². The van der Waals surface area contributed by atoms with Gasteiger partial charge in [0.2, 0.25) is 0 Å². The molecule has 0 bridgehead atoms. The van der Waals surface area contributed by atoms with Gasteiger partial charge in [-0.3, -0.25) is 0 Å². The summed E-state index contributed by atoms with van der Waals surface area (Å²) < 4.78 is 5.44. The monoisotopic (exact) mass is 330 g/mol. The second kappa shape index (κ2) is 6.72. The van der Waals surface area contributed by atoms with Crippen LogP contribution in [-0.2, 0) is 4.74 Å². The van der Waals surface area contributed by atoms with Gasteiger partial charge in [-0.1, -0.05) is 53.0 Å². The summed E-state index contributed by atoms with van der Waals surface area (Å²) in [6.45, 7) is 4.31. The average molecular weight is 332 g/mol. The third-order valence-corrected chi connectivity index (χ3v) is 3.64. The highest BCUT2D eigenvalue weighted by Gasteiger charge is 2.18. The Morgan fingerprint density at radius 2 is 1.70 bits per heavy atom. The van der Waals surface area contributed by atoms with E-state index in [4.69, 9.17) is 39.5 Å². The molecule has 2 aromatic rings. The van der Waals surface area contributed by atoms with Crippen LogP contribution in [0.2, 0.25) is 15.3 Å². The van der Waals surface area contributed by atoms with Crippen LogP contribution in [0.1, 0.15) is 25.8 Å². The van der Waals surface area contributed by atoms with Gasteiger partial charge in [0.05, 0.1) is 5.56 Å². The number of aromatic nitrogens is 2. The van der Waals surface area contributed by atoms with Crippen LogP contribution < -0.4 is 0 Å². The van der Waals surface area contributed by atoms with Gasteiger partial charge in [0.15, 0.2) is 5.82 Å². The maximum atomic E-state index is 6.24. The van der Waals surface area contributed by atoms with Crippen molar-refractivity contribution in [3.05, 3.63) is 45.4 Å². The van der Waals surface area contributed by atoms with E-state index in [-0.39, 0.29) is 16.4 Å². The van der Waals surface area contributed by atoms with Crippen LogP contribution in [0, 0.1) is 0 Å². The predicted octanol–water partition coefficient (Wildman–Crippen LogP) is 5.20. The Bertz CT molecular complexity index is 596. The van der Waals surface area contributed by atoms with E-state index in [1.807, 2.05) is 32.0 Å². The first-order valence-electron chi connectivity index (χ1n) is 6.14. The number of rotatable bonds is 4. The second-order valence-electron chi connectivity index (χ2n) is 4.12. The molecule has 3 nitrogen and oxygen atoms in total. The first kappa shape index (κ1) is 15.5. The smallest absolute Gasteiger partial charge is 0.160 e. The minimum Gasteiger partial charge on any atom is -0.371 e. The van der Waals surface area contributed by atoms with Crippen molar-refractivity contribution in [1.29, 1.82) is 0 Å². The van der Waals surface area contributed by atoms with Crippen molar-refractivity contribution in [2.75, 3.05) is 6.61 Å². The second-order valence-corrected chi connectivity index (χ2v) is 5.24. The Morgan fingerprint density at radius 1 is 1.10 bits per heavy atom. The third-order valence-electron chi connectivity index (χ3n) is 2.76. The number of hydrogen-bond acceptors (Lipinski definition) is 3. The van der Waals surface area contributed by atoms with E-state index in [9.17, 15) is 0 Å². The molecule has 0 saturated heterocycles. The normalized spacial score (nSPS) is 12.4. The molecule has 1 unspecified atom stereocenters. The van der Waals surface area contributed by atoms with E-state index in [0.717, 1.165) is 0 Å². The van der Waals surface area contributed by atoms with Gasteiger partial charge in [0, 0.05) is 17.2 Å². The van der Waals surface area contributed by atoms with E-state index in [0.29, 0.717) is 28.6 Å². The predicted molar refractivity (Wildman–Crippen MR) is 82.5 cm³/mol. The van der Waals surface area contributed by atoms with Crippen LogP contribution in [0.25, 0.3) is 11.1 Å². The van der Waals surface area contributed by atoms with Gasteiger partial charge in [-0.25, -0.2) is 9.97 Å². The van der Waals surface area contributed by atoms with E-state index in [2.05, 4.69) is 9.97 Å². The molecule has 20 heavy (non-hydrogen) atoms. The van der Waals surface area contributed by atoms with Gasteiger partial charge in [0.25, 0.3) is 0 Å². The Balaban J connectivity index is 2.50. The quantitative estimate of drug-likeness (QED) is 0.722. The summed E-state index contributed by atoms with van der Waals surface area (Å²) in [6, 6.07) is 7.27. The first-order valence-corrected chi connectivity index (χ1v) is 7.27. The summed E-state index contributed by atoms with van der Waals surface area (Å²) in [5.74, 6) is 0.456. The van der Waals surface area contributed by atoms with Gasteiger partial charge in [-0.05, 0) is 19.9 Å². The molecule has 0 fully saturated rings. The fourth-order valence-corrected chi connectivity index (χ4v) is 2.65. The topological polar surface area (TPSA) is 35.0 Å². The highest BCUT2D eigenvalue weighted by atomic mass is 35.5. The summed E-state index contributed by atoms with van der Waals surface area (Å²) in [5, 5.41) is 1.07. The zero-order chi connectivity index (χ0) is 14.7. The molecule has 0 N–H and O–H groups in total. The van der Waals surface area contributed by atoms with Gasteiger partial charge >= 0.3 is 0 Å². The van der Waals surface area contributed by atoms with E-state index in [1.165, 1.54) is 0 Å². The fraction of sp³-hybridized carbons (Fsp3) is 0.286. The Labute approximate surface area is 132 Å². The molecule has 1 aromatic carbocycles. The van der Waals surface area contributed by atoms with Crippen LogP contribution in [0.3, 0.4) is 0 Å². The summed E-state index contributed by atoms with van der Waals surface area (Å²) >= 11 is 18.6. The van der Waals surface area contributed by atoms with Crippen molar-refractivity contribution in [3.63, 3.8) is 0 Å². The number of hydrogen-bond donors (Lipinski definition) is 0. The standard InChI is InChI=1S/C14H13Cl3N2O/c1-3-20-8(2)14-18-12(16)11(13(17)19-14)9-6-4-5-7-10(9)15/h4-8H,3H2,1-2H3. The van der Waals surface area contributed by atoms with Crippen LogP contribution in [0.4, 0.5) is 0 Å². The zero-order valence-corrected chi connectivity index (χ0v) is 13.3. The molecule has 0 spiro atoms. The number of benzene rings is 1. The number of nitrogens with zero attached hydrogens (tertiary/aromatic N) is 2. The minimum absolute atomic E-state index is 0.264. The van der Waals surface area contributed by atoms with E-state index < -0.39 is 0 Å². The van der Waals surface area contributed by atoms with Crippen molar-refractivity contribution >= 4 is 34.8 Å². The Kier molecular flexibility index (Phi) is 5.22. The van der Waals surface area contributed by atoms with Gasteiger partial charge in [-0.15, -0.1) is 0 Å². The molecular formula is C14H13Cl3N2O. The number of halogens is 3. The summed E-state index contributed by atoms with van der Waals surface area (Å²) in [5.41, 5.74) is 1.24. The van der Waals surface area contributed by atoms with E-state index >= 15 is 0 Å². The van der Waals surface area contributed by atoms with Crippen molar-refractivity contribution in [3.8, 4) is 11.1 Å². The summed E-state index contributed by atoms with van der Waals surface area (Å²) in [7, 11) is 0. The van der Waals surface area contributed by atoms with E-state index in [1.54, 1.807) is 6.07 Å². The molecule has 0 saturated carbocycles. The zero-order valence-electron chi connectivity index (χ0n) is 11.0. The van der Waals surface area contributed by atoms with Crippen molar-refractivity contribution in [2.45, 2.75) is 20.0 Å². The Morgan fingerprint density at radius 3 is 2.25 bits per heavy atom. The van der Waals surface area contributed by atoms with Crippen LogP contribution in [0.5, 0.6) is 0 Å². The molecule has 1 aromatic heterocycles. The minimum atomic E-state index is -0.268. The van der Waals surface area contributed by atoms with Crippen molar-refractivity contribution in [2.24, 2.45) is 0 Å². The molecule has 0 amide bonds. The average Bonchev–Trinajstić information content (AvgIpc) is 2.40. The lowest BCUT2D eigenvalue weighted by Gasteiger charge is -2.13. The summed E-state index contributed by atoms with van der Waals surface area (Å²) in [6.07, 6.45) is -0.268. The largest absolute Gasteiger partial charge is 0.371 e. The lowest BCUT2D eigenvalue weighted by molar-refractivity contribution is 0.0701. The molecule has 0 aliphatic carbocycles. The SMILES string of the molecule is CCOC(C)c1nc(Cl)c(-c2ccccc2Cl)c(Cl)n1. The molecule has 0 radical (unpaired) electrons. The fourth-order valence-electron chi connectivity index (χ4n) is 1.82. The molecule has 106 valence electrons. The van der Waals surface area contributed by atoms with Crippen LogP contribution in [-0.4, -0.2) is 16.6 Å². The lowest BCUT2D eigenvalue weighted by atomic mass is 10.1. The molecule has 2 rings (SSSR count). The lowest BCUT2D eigenvalue weighted by Crippen LogP contribution is -2.06. The Hall–Kier alpha value is -0.870.